The van der Waals surface area contributed by atoms with Crippen LogP contribution in [0.25, 0.3) is 0 Å². The molecule has 0 spiro atoms. The van der Waals surface area contributed by atoms with E-state index in [0.717, 1.165) is 12.0 Å². The Balaban J connectivity index is 2.85. The standard InChI is InChI=1S/C9H14O2/c1-9(2)5-7(6-10)3-4-8(9)11/h5,10H,3-4,6H2,1-2H3. The molecule has 0 aliphatic heterocycles. The number of carbonyl (C=O) groups excluding carboxylic acids is 1. The molecule has 0 unspecified atom stereocenters. The highest BCUT2D eigenvalue weighted by molar-refractivity contribution is 5.87. The second-order valence-electron chi connectivity index (χ2n) is 3.61. The third-order valence-corrected chi connectivity index (χ3v) is 2.16. The van der Waals surface area contributed by atoms with Gasteiger partial charge in [-0.1, -0.05) is 6.08 Å². The van der Waals surface area contributed by atoms with Gasteiger partial charge in [0, 0.05) is 11.8 Å². The van der Waals surface area contributed by atoms with E-state index in [0.29, 0.717) is 6.42 Å². The van der Waals surface area contributed by atoms with Gasteiger partial charge in [-0.15, -0.1) is 0 Å². The Morgan fingerprint density at radius 3 is 2.64 bits per heavy atom. The molecule has 0 bridgehead atoms. The van der Waals surface area contributed by atoms with Crippen molar-refractivity contribution in [1.82, 2.24) is 0 Å². The normalized spacial score (nSPS) is 23.2. The number of carbonyl (C=O) groups is 1. The van der Waals surface area contributed by atoms with Crippen molar-refractivity contribution >= 4 is 5.78 Å². The summed E-state index contributed by atoms with van der Waals surface area (Å²) in [5, 5.41) is 8.83. The molecule has 0 aromatic rings. The van der Waals surface area contributed by atoms with Crippen LogP contribution >= 0.6 is 0 Å². The van der Waals surface area contributed by atoms with Crippen molar-refractivity contribution in [3.05, 3.63) is 11.6 Å². The zero-order valence-corrected chi connectivity index (χ0v) is 7.05. The predicted octanol–water partition coefficient (Wildman–Crippen LogP) is 1.29. The van der Waals surface area contributed by atoms with Gasteiger partial charge in [0.05, 0.1) is 6.61 Å². The van der Waals surface area contributed by atoms with E-state index in [1.807, 2.05) is 19.9 Å². The van der Waals surface area contributed by atoms with Crippen LogP contribution in [0.15, 0.2) is 11.6 Å². The number of hydrogen-bond acceptors (Lipinski definition) is 2. The van der Waals surface area contributed by atoms with Crippen molar-refractivity contribution in [2.75, 3.05) is 6.61 Å². The lowest BCUT2D eigenvalue weighted by atomic mass is 9.79. The highest BCUT2D eigenvalue weighted by atomic mass is 16.3. The number of rotatable bonds is 1. The lowest BCUT2D eigenvalue weighted by Gasteiger charge is -2.25. The number of aliphatic hydroxyl groups is 1. The summed E-state index contributed by atoms with van der Waals surface area (Å²) in [4.78, 5) is 11.3. The summed E-state index contributed by atoms with van der Waals surface area (Å²) in [6.45, 7) is 3.88. The molecule has 11 heavy (non-hydrogen) atoms. The number of ketones is 1. The molecule has 0 aromatic carbocycles. The molecule has 0 saturated heterocycles. The van der Waals surface area contributed by atoms with Gasteiger partial charge in [0.1, 0.15) is 5.78 Å². The van der Waals surface area contributed by atoms with E-state index in [-0.39, 0.29) is 17.8 Å². The van der Waals surface area contributed by atoms with Crippen LogP contribution in [0, 0.1) is 5.41 Å². The average Bonchev–Trinajstić information content (AvgIpc) is 1.95. The minimum atomic E-state index is -0.351. The van der Waals surface area contributed by atoms with E-state index in [9.17, 15) is 4.79 Å². The lowest BCUT2D eigenvalue weighted by molar-refractivity contribution is -0.125. The summed E-state index contributed by atoms with van der Waals surface area (Å²) in [6.07, 6.45) is 3.21. The second-order valence-corrected chi connectivity index (χ2v) is 3.61. The SMILES string of the molecule is CC1(C)C=C(CO)CCC1=O. The Labute approximate surface area is 66.9 Å². The minimum absolute atomic E-state index is 0.0940. The first kappa shape index (κ1) is 8.47. The van der Waals surface area contributed by atoms with Crippen molar-refractivity contribution in [3.63, 3.8) is 0 Å². The molecule has 62 valence electrons. The minimum Gasteiger partial charge on any atom is -0.392 e. The third-order valence-electron chi connectivity index (χ3n) is 2.16. The van der Waals surface area contributed by atoms with E-state index in [2.05, 4.69) is 0 Å². The fraction of sp³-hybridized carbons (Fsp3) is 0.667. The zero-order valence-electron chi connectivity index (χ0n) is 7.05. The maximum absolute atomic E-state index is 11.3. The maximum atomic E-state index is 11.3. The summed E-state index contributed by atoms with van der Waals surface area (Å²) in [5.41, 5.74) is 0.644. The van der Waals surface area contributed by atoms with Crippen LogP contribution in [0.1, 0.15) is 26.7 Å². The molecule has 1 rings (SSSR count). The Bertz CT molecular complexity index is 202. The van der Waals surface area contributed by atoms with Crippen LogP contribution < -0.4 is 0 Å². The van der Waals surface area contributed by atoms with Crippen LogP contribution in [0.5, 0.6) is 0 Å². The fourth-order valence-corrected chi connectivity index (χ4v) is 1.38. The molecular formula is C9H14O2. The van der Waals surface area contributed by atoms with E-state index in [1.54, 1.807) is 0 Å². The van der Waals surface area contributed by atoms with E-state index in [1.165, 1.54) is 0 Å². The van der Waals surface area contributed by atoms with Crippen molar-refractivity contribution < 1.29 is 9.90 Å². The van der Waals surface area contributed by atoms with Gasteiger partial charge < -0.3 is 5.11 Å². The molecule has 1 N–H and O–H groups in total. The van der Waals surface area contributed by atoms with Gasteiger partial charge in [-0.3, -0.25) is 4.79 Å². The molecular weight excluding hydrogens is 140 g/mol. The number of hydrogen-bond donors (Lipinski definition) is 1. The van der Waals surface area contributed by atoms with Gasteiger partial charge in [0.25, 0.3) is 0 Å². The third kappa shape index (κ3) is 1.69. The molecule has 0 amide bonds. The molecule has 0 saturated carbocycles. The lowest BCUT2D eigenvalue weighted by Crippen LogP contribution is -2.26. The molecule has 0 radical (unpaired) electrons. The van der Waals surface area contributed by atoms with Crippen LogP contribution in [0.3, 0.4) is 0 Å². The van der Waals surface area contributed by atoms with Crippen molar-refractivity contribution in [3.8, 4) is 0 Å². The largest absolute Gasteiger partial charge is 0.392 e. The number of Topliss-reactive ketones (excluding diaryl/α,β-unsaturated/α-hetero) is 1. The number of allylic oxidation sites excluding steroid dienone is 1. The summed E-state index contributed by atoms with van der Waals surface area (Å²) < 4.78 is 0. The quantitative estimate of drug-likeness (QED) is 0.578. The smallest absolute Gasteiger partial charge is 0.142 e. The summed E-state index contributed by atoms with van der Waals surface area (Å²) >= 11 is 0. The van der Waals surface area contributed by atoms with Crippen molar-refractivity contribution in [2.45, 2.75) is 26.7 Å². The number of aliphatic hydroxyl groups excluding tert-OH is 1. The van der Waals surface area contributed by atoms with E-state index < -0.39 is 0 Å². The molecule has 0 aromatic heterocycles. The highest BCUT2D eigenvalue weighted by Gasteiger charge is 2.28. The predicted molar refractivity (Wildman–Crippen MR) is 43.2 cm³/mol. The van der Waals surface area contributed by atoms with Gasteiger partial charge in [0.15, 0.2) is 0 Å². The van der Waals surface area contributed by atoms with Crippen LogP contribution in [0.4, 0.5) is 0 Å². The van der Waals surface area contributed by atoms with E-state index >= 15 is 0 Å². The average molecular weight is 154 g/mol. The van der Waals surface area contributed by atoms with Crippen LogP contribution in [0.2, 0.25) is 0 Å². The zero-order chi connectivity index (χ0) is 8.48. The Hall–Kier alpha value is -0.630. The Kier molecular flexibility index (Phi) is 2.14. The van der Waals surface area contributed by atoms with Gasteiger partial charge in [-0.2, -0.15) is 0 Å². The fourth-order valence-electron chi connectivity index (χ4n) is 1.38. The molecule has 1 aliphatic rings. The molecule has 2 nitrogen and oxygen atoms in total. The highest BCUT2D eigenvalue weighted by Crippen LogP contribution is 2.29. The van der Waals surface area contributed by atoms with Crippen LogP contribution in [-0.4, -0.2) is 17.5 Å². The molecule has 0 atom stereocenters. The first-order valence-corrected chi connectivity index (χ1v) is 3.91. The van der Waals surface area contributed by atoms with Gasteiger partial charge in [-0.25, -0.2) is 0 Å². The van der Waals surface area contributed by atoms with Crippen molar-refractivity contribution in [2.24, 2.45) is 5.41 Å². The Morgan fingerprint density at radius 2 is 2.18 bits per heavy atom. The molecule has 1 aliphatic carbocycles. The first-order valence-electron chi connectivity index (χ1n) is 3.91. The molecule has 0 fully saturated rings. The van der Waals surface area contributed by atoms with Gasteiger partial charge in [0.2, 0.25) is 0 Å². The second kappa shape index (κ2) is 2.78. The summed E-state index contributed by atoms with van der Waals surface area (Å²) in [7, 11) is 0. The van der Waals surface area contributed by atoms with Crippen molar-refractivity contribution in [1.29, 1.82) is 0 Å². The monoisotopic (exact) mass is 154 g/mol. The Morgan fingerprint density at radius 1 is 1.55 bits per heavy atom. The maximum Gasteiger partial charge on any atom is 0.142 e. The summed E-state index contributed by atoms with van der Waals surface area (Å²) in [6, 6.07) is 0. The topological polar surface area (TPSA) is 37.3 Å². The molecule has 2 heteroatoms. The van der Waals surface area contributed by atoms with E-state index in [4.69, 9.17) is 5.11 Å². The van der Waals surface area contributed by atoms with Gasteiger partial charge >= 0.3 is 0 Å². The molecule has 0 heterocycles. The summed E-state index contributed by atoms with van der Waals surface area (Å²) in [5.74, 6) is 0.273. The van der Waals surface area contributed by atoms with Crippen LogP contribution in [-0.2, 0) is 4.79 Å². The first-order chi connectivity index (χ1) is 5.06. The van der Waals surface area contributed by atoms with Gasteiger partial charge in [-0.05, 0) is 25.8 Å².